The van der Waals surface area contributed by atoms with Gasteiger partial charge in [0.25, 0.3) is 0 Å². The molecule has 0 unspecified atom stereocenters. The van der Waals surface area contributed by atoms with Gasteiger partial charge in [-0.3, -0.25) is 0 Å². The molecular formula is C32H16F50. The Labute approximate surface area is 414 Å². The number of halogens is 50. The van der Waals surface area contributed by atoms with Gasteiger partial charge in [0.15, 0.2) is 0 Å². The minimum atomic E-state index is -9.92. The Kier molecular flexibility index (Phi) is 19.7. The first-order chi connectivity index (χ1) is 34.7. The maximum Gasteiger partial charge on any atom is 0.460 e. The van der Waals surface area contributed by atoms with Crippen molar-refractivity contribution in [2.45, 2.75) is 194 Å². The second-order valence-electron chi connectivity index (χ2n) is 16.5. The van der Waals surface area contributed by atoms with Gasteiger partial charge in [-0.1, -0.05) is 25.7 Å². The molecule has 0 aromatic rings. The van der Waals surface area contributed by atoms with E-state index in [1.807, 2.05) is 0 Å². The van der Waals surface area contributed by atoms with Gasteiger partial charge < -0.3 is 0 Å². The molecule has 0 nitrogen and oxygen atoms in total. The SMILES string of the molecule is FC(F)(F)C(F)(F)C(F)(F)C(F)(F)C(F)(F)C(F)(F)C(F)(F)C(F)(F)C(F)(F)C(F)(F)C(F)(F)C(F)(F)CCCCCCCCC(F)(F)C(F)(F)C(F)(F)C(F)(F)C(F)(F)C(F)(F)C(F)(F)C(F)(F)C(F)(F)C(F)(F)C(F)(F)C(F)(F)F. The van der Waals surface area contributed by atoms with E-state index in [0.29, 0.717) is 0 Å². The predicted octanol–water partition coefficient (Wildman–Crippen LogP) is 19.2. The van der Waals surface area contributed by atoms with Crippen LogP contribution in [0.2, 0.25) is 0 Å². The zero-order valence-corrected chi connectivity index (χ0v) is 36.6. The highest BCUT2D eigenvalue weighted by atomic mass is 19.5. The highest BCUT2D eigenvalue weighted by Gasteiger charge is 3.02. The summed E-state index contributed by atoms with van der Waals surface area (Å²) in [6.07, 6.45) is -33.9. The van der Waals surface area contributed by atoms with Gasteiger partial charge in [-0.2, -0.15) is 220 Å². The zero-order valence-electron chi connectivity index (χ0n) is 36.6. The molecule has 0 atom stereocenters. The second-order valence-corrected chi connectivity index (χ2v) is 16.5. The summed E-state index contributed by atoms with van der Waals surface area (Å²) >= 11 is 0. The summed E-state index contributed by atoms with van der Waals surface area (Å²) in [6.45, 7) is 0. The molecule has 0 spiro atoms. The number of hydrogen-bond acceptors (Lipinski definition) is 0. The van der Waals surface area contributed by atoms with Crippen LogP contribution in [0.4, 0.5) is 220 Å². The maximum absolute atomic E-state index is 14.1. The van der Waals surface area contributed by atoms with Crippen LogP contribution in [0.15, 0.2) is 0 Å². The first-order valence-electron chi connectivity index (χ1n) is 19.2. The third-order valence-corrected chi connectivity index (χ3v) is 11.0. The van der Waals surface area contributed by atoms with Crippen LogP contribution < -0.4 is 0 Å². The van der Waals surface area contributed by atoms with E-state index in [0.717, 1.165) is 0 Å². The Balaban J connectivity index is 6.52. The quantitative estimate of drug-likeness (QED) is 0.0517. The van der Waals surface area contributed by atoms with Crippen LogP contribution in [0.1, 0.15) is 51.4 Å². The lowest BCUT2D eigenvalue weighted by molar-refractivity contribution is -0.482. The van der Waals surface area contributed by atoms with Crippen LogP contribution in [0.5, 0.6) is 0 Å². The Bertz CT molecular complexity index is 2020. The lowest BCUT2D eigenvalue weighted by Crippen LogP contribution is -2.78. The van der Waals surface area contributed by atoms with Crippen molar-refractivity contribution in [3.8, 4) is 0 Å². The standard InChI is InChI=1S/C32H16F50/c33-9(34,11(37,38)13(41,42)15(45,46)17(49,50)19(53,54)21(57,58)23(61,62)25(65,66)27(69,70)29(73,74)31(77,78)79)7-5-3-1-2-4-6-8-10(35,36)12(39,40)14(43,44)16(47,48)18(51,52)20(55,56)22(59,60)24(63,64)26(67,68)28(71,72)30(75,76)32(80,81)82/h1-8H2. The third-order valence-electron chi connectivity index (χ3n) is 11.0. The number of hydrogen-bond donors (Lipinski definition) is 0. The van der Waals surface area contributed by atoms with Crippen LogP contribution in [-0.4, -0.2) is 143 Å². The van der Waals surface area contributed by atoms with Crippen molar-refractivity contribution < 1.29 is 220 Å². The summed E-state index contributed by atoms with van der Waals surface area (Å²) in [5, 5.41) is 0. The Morgan fingerprint density at radius 1 is 0.110 bits per heavy atom. The van der Waals surface area contributed by atoms with Crippen molar-refractivity contribution in [2.24, 2.45) is 0 Å². The van der Waals surface area contributed by atoms with E-state index in [1.165, 1.54) is 0 Å². The second kappa shape index (κ2) is 20.6. The van der Waals surface area contributed by atoms with E-state index < -0.39 is 194 Å². The van der Waals surface area contributed by atoms with Crippen LogP contribution in [0.3, 0.4) is 0 Å². The molecule has 0 saturated carbocycles. The van der Waals surface area contributed by atoms with Crippen LogP contribution in [0.25, 0.3) is 0 Å². The number of unbranched alkanes of at least 4 members (excludes halogenated alkanes) is 5. The highest BCUT2D eigenvalue weighted by molar-refractivity contribution is 5.22. The van der Waals surface area contributed by atoms with E-state index in [4.69, 9.17) is 0 Å². The van der Waals surface area contributed by atoms with Crippen LogP contribution in [0, 0.1) is 0 Å². The topological polar surface area (TPSA) is 0 Å². The van der Waals surface area contributed by atoms with Crippen LogP contribution in [-0.2, 0) is 0 Å². The first kappa shape index (κ1) is 78.5. The molecule has 50 heteroatoms. The van der Waals surface area contributed by atoms with Crippen molar-refractivity contribution in [2.75, 3.05) is 0 Å². The van der Waals surface area contributed by atoms with Crippen molar-refractivity contribution in [1.82, 2.24) is 0 Å². The van der Waals surface area contributed by atoms with E-state index in [1.54, 1.807) is 0 Å². The van der Waals surface area contributed by atoms with E-state index in [-0.39, 0.29) is 0 Å². The molecule has 0 bridgehead atoms. The average Bonchev–Trinajstić information content (AvgIpc) is 3.24. The minimum Gasteiger partial charge on any atom is -0.200 e. The minimum absolute atomic E-state index is 1.38. The smallest absolute Gasteiger partial charge is 0.200 e. The predicted molar refractivity (Wildman–Crippen MR) is 158 cm³/mol. The molecular weight excluding hydrogens is 1330 g/mol. The van der Waals surface area contributed by atoms with Crippen molar-refractivity contribution in [3.63, 3.8) is 0 Å². The van der Waals surface area contributed by atoms with Gasteiger partial charge in [-0.15, -0.1) is 0 Å². The van der Waals surface area contributed by atoms with Gasteiger partial charge in [0.2, 0.25) is 0 Å². The first-order valence-corrected chi connectivity index (χ1v) is 19.2. The number of alkyl halides is 50. The molecule has 0 heterocycles. The van der Waals surface area contributed by atoms with Gasteiger partial charge in [-0.05, 0) is 12.8 Å². The normalized spacial score (nSPS) is 17.0. The van der Waals surface area contributed by atoms with Gasteiger partial charge in [0, 0.05) is 12.8 Å². The molecule has 0 amide bonds. The molecule has 82 heavy (non-hydrogen) atoms. The summed E-state index contributed by atoms with van der Waals surface area (Å²) in [6, 6.07) is 0. The Morgan fingerprint density at radius 3 is 0.329 bits per heavy atom. The summed E-state index contributed by atoms with van der Waals surface area (Å²) in [5.74, 6) is -204. The number of rotatable bonds is 29. The average molecular weight is 1350 g/mol. The summed E-state index contributed by atoms with van der Waals surface area (Å²) in [5.41, 5.74) is 0. The van der Waals surface area contributed by atoms with Crippen molar-refractivity contribution in [3.05, 3.63) is 0 Å². The summed E-state index contributed by atoms with van der Waals surface area (Å²) < 4.78 is 680. The molecule has 0 aliphatic carbocycles. The molecule has 0 rings (SSSR count). The van der Waals surface area contributed by atoms with Crippen molar-refractivity contribution >= 4 is 0 Å². The monoisotopic (exact) mass is 1350 g/mol. The van der Waals surface area contributed by atoms with Gasteiger partial charge in [0.1, 0.15) is 0 Å². The van der Waals surface area contributed by atoms with E-state index in [9.17, 15) is 220 Å². The Hall–Kier alpha value is -3.50. The van der Waals surface area contributed by atoms with Crippen LogP contribution >= 0.6 is 0 Å². The molecule has 0 aliphatic heterocycles. The summed E-state index contributed by atoms with van der Waals surface area (Å²) in [4.78, 5) is 0. The van der Waals surface area contributed by atoms with E-state index in [2.05, 4.69) is 0 Å². The van der Waals surface area contributed by atoms with Gasteiger partial charge in [-0.25, -0.2) is 0 Å². The largest absolute Gasteiger partial charge is 0.460 e. The van der Waals surface area contributed by atoms with Gasteiger partial charge >= 0.3 is 143 Å². The maximum atomic E-state index is 14.1. The zero-order chi connectivity index (χ0) is 67.7. The highest BCUT2D eigenvalue weighted by Crippen LogP contribution is 2.71. The van der Waals surface area contributed by atoms with Crippen molar-refractivity contribution in [1.29, 1.82) is 0 Å². The fourth-order valence-electron chi connectivity index (χ4n) is 5.69. The lowest BCUT2D eigenvalue weighted by Gasteiger charge is -2.45. The fourth-order valence-corrected chi connectivity index (χ4v) is 5.69. The molecule has 494 valence electrons. The molecule has 0 N–H and O–H groups in total. The van der Waals surface area contributed by atoms with Gasteiger partial charge in [0.05, 0.1) is 0 Å². The molecule has 0 saturated heterocycles. The lowest BCUT2D eigenvalue weighted by atomic mass is 9.84. The molecule has 0 radical (unpaired) electrons. The third kappa shape index (κ3) is 10.1. The molecule has 0 fully saturated rings. The Morgan fingerprint density at radius 2 is 0.207 bits per heavy atom. The van der Waals surface area contributed by atoms with E-state index >= 15 is 0 Å². The summed E-state index contributed by atoms with van der Waals surface area (Å²) in [7, 11) is 0. The fraction of sp³-hybridized carbons (Fsp3) is 1.00. The molecule has 0 aromatic carbocycles. The molecule has 0 aliphatic rings. The molecule has 0 aromatic heterocycles.